The highest BCUT2D eigenvalue weighted by atomic mass is 16.7. The molecule has 2 saturated heterocycles. The number of aliphatic carboxylic acids is 1. The summed E-state index contributed by atoms with van der Waals surface area (Å²) in [6.45, 7) is 1.84. The Balaban J connectivity index is 1.71. The first kappa shape index (κ1) is 30.2. The Kier molecular flexibility index (Phi) is 11.2. The van der Waals surface area contributed by atoms with Gasteiger partial charge in [-0.2, -0.15) is 0 Å². The fraction of sp³-hybridized carbons (Fsp3) is 0.864. The maximum Gasteiger partial charge on any atom is 0.329 e. The van der Waals surface area contributed by atoms with Gasteiger partial charge in [0.1, 0.15) is 61.5 Å². The average molecular weight is 541 g/mol. The molecule has 0 unspecified atom stereocenters. The molecule has 0 radical (unpaired) electrons. The molecule has 3 aliphatic rings. The summed E-state index contributed by atoms with van der Waals surface area (Å²) in [4.78, 5) is 10.9. The number of aliphatic hydroxyl groups excluding tert-OH is 6. The fourth-order valence-corrected chi connectivity index (χ4v) is 4.17. The predicted octanol–water partition coefficient (Wildman–Crippen LogP) is -3.56. The van der Waals surface area contributed by atoms with Gasteiger partial charge in [-0.25, -0.2) is 4.79 Å². The first-order valence-electron chi connectivity index (χ1n) is 11.9. The van der Waals surface area contributed by atoms with Crippen molar-refractivity contribution in [3.63, 3.8) is 0 Å². The molecule has 37 heavy (non-hydrogen) atoms. The Morgan fingerprint density at radius 1 is 0.838 bits per heavy atom. The second kappa shape index (κ2) is 13.7. The van der Waals surface area contributed by atoms with Gasteiger partial charge in [0.25, 0.3) is 0 Å². The summed E-state index contributed by atoms with van der Waals surface area (Å²) in [6.07, 6.45) is -13.4. The number of hydrogen-bond acceptors (Lipinski definition) is 14. The summed E-state index contributed by atoms with van der Waals surface area (Å²) in [7, 11) is 0. The van der Waals surface area contributed by atoms with Crippen molar-refractivity contribution in [2.45, 2.75) is 93.8 Å². The molecule has 0 aromatic heterocycles. The lowest BCUT2D eigenvalue weighted by Gasteiger charge is -2.44. The van der Waals surface area contributed by atoms with Gasteiger partial charge < -0.3 is 68.9 Å². The van der Waals surface area contributed by atoms with Gasteiger partial charge in [0.2, 0.25) is 0 Å². The van der Waals surface area contributed by atoms with Crippen molar-refractivity contribution in [3.05, 3.63) is 12.2 Å². The minimum Gasteiger partial charge on any atom is -0.480 e. The smallest absolute Gasteiger partial charge is 0.329 e. The van der Waals surface area contributed by atoms with Crippen LogP contribution in [0.4, 0.5) is 0 Å². The minimum atomic E-state index is -1.64. The lowest BCUT2D eigenvalue weighted by molar-refractivity contribution is -0.330. The van der Waals surface area contributed by atoms with Gasteiger partial charge in [0, 0.05) is 6.61 Å². The molecule has 0 spiro atoms. The van der Waals surface area contributed by atoms with Crippen molar-refractivity contribution in [1.82, 2.24) is 0 Å². The van der Waals surface area contributed by atoms with E-state index in [1.807, 2.05) is 0 Å². The number of hydrogen-bond donors (Lipinski definition) is 7. The molecule has 15 nitrogen and oxygen atoms in total. The second-order valence-corrected chi connectivity index (χ2v) is 8.87. The molecule has 0 amide bonds. The van der Waals surface area contributed by atoms with Crippen LogP contribution in [-0.4, -0.2) is 148 Å². The van der Waals surface area contributed by atoms with Gasteiger partial charge in [-0.3, -0.25) is 0 Å². The number of carboxylic acids is 1. The number of carboxylic acid groups (broad SMARTS) is 1. The van der Waals surface area contributed by atoms with E-state index in [9.17, 15) is 35.4 Å². The Hall–Kier alpha value is -1.31. The lowest BCUT2D eigenvalue weighted by atomic mass is 9.98. The van der Waals surface area contributed by atoms with Crippen LogP contribution >= 0.6 is 0 Å². The normalized spacial score (nSPS) is 44.6. The van der Waals surface area contributed by atoms with Crippen LogP contribution in [-0.2, 0) is 38.0 Å². The van der Waals surface area contributed by atoms with Crippen LogP contribution in [0.25, 0.3) is 0 Å². The van der Waals surface area contributed by atoms with Gasteiger partial charge in [-0.1, -0.05) is 6.08 Å². The molecule has 3 rings (SSSR count). The molecule has 214 valence electrons. The number of carbonyl (C=O) groups is 1. The van der Waals surface area contributed by atoms with Gasteiger partial charge >= 0.3 is 5.97 Å². The van der Waals surface area contributed by atoms with E-state index in [1.165, 1.54) is 6.92 Å². The van der Waals surface area contributed by atoms with Gasteiger partial charge in [0.15, 0.2) is 18.9 Å². The van der Waals surface area contributed by atoms with Crippen LogP contribution in [0.5, 0.6) is 0 Å². The summed E-state index contributed by atoms with van der Waals surface area (Å²) in [5.41, 5.74) is 0. The molecule has 0 aromatic carbocycles. The SMILES string of the molecule is CCO[C@H]1C=C[C@H](O[C@@H]2O[C@H](CO)[C@H](O)[C@H](OCC(=O)O)[C@H]2O)[C@@H](CO[C@@H]2O[C@@H](C)[C@@H](O)[C@@H](O)[C@@H]2O)O1. The zero-order valence-corrected chi connectivity index (χ0v) is 20.4. The fourth-order valence-electron chi connectivity index (χ4n) is 4.17. The third-order valence-electron chi connectivity index (χ3n) is 6.21. The van der Waals surface area contributed by atoms with Crippen LogP contribution in [0.15, 0.2) is 12.2 Å². The van der Waals surface area contributed by atoms with E-state index in [2.05, 4.69) is 0 Å². The molecule has 0 aromatic rings. The summed E-state index contributed by atoms with van der Waals surface area (Å²) >= 11 is 0. The van der Waals surface area contributed by atoms with E-state index >= 15 is 0 Å². The average Bonchev–Trinajstić information content (AvgIpc) is 2.86. The van der Waals surface area contributed by atoms with Gasteiger partial charge in [0.05, 0.1) is 19.3 Å². The van der Waals surface area contributed by atoms with E-state index in [1.54, 1.807) is 19.1 Å². The zero-order valence-electron chi connectivity index (χ0n) is 20.4. The zero-order chi connectivity index (χ0) is 27.3. The van der Waals surface area contributed by atoms with Crippen molar-refractivity contribution >= 4 is 5.97 Å². The molecule has 0 aliphatic carbocycles. The van der Waals surface area contributed by atoms with Crippen molar-refractivity contribution in [2.75, 3.05) is 26.4 Å². The van der Waals surface area contributed by atoms with Crippen LogP contribution in [0.3, 0.4) is 0 Å². The van der Waals surface area contributed by atoms with Crippen molar-refractivity contribution in [1.29, 1.82) is 0 Å². The van der Waals surface area contributed by atoms with Crippen molar-refractivity contribution < 1.29 is 73.7 Å². The van der Waals surface area contributed by atoms with E-state index in [-0.39, 0.29) is 6.61 Å². The van der Waals surface area contributed by atoms with Crippen LogP contribution < -0.4 is 0 Å². The molecule has 3 aliphatic heterocycles. The highest BCUT2D eigenvalue weighted by Crippen LogP contribution is 2.29. The monoisotopic (exact) mass is 540 g/mol. The van der Waals surface area contributed by atoms with Gasteiger partial charge in [-0.05, 0) is 19.9 Å². The lowest BCUT2D eigenvalue weighted by Crippen LogP contribution is -2.61. The third kappa shape index (κ3) is 7.42. The van der Waals surface area contributed by atoms with Crippen LogP contribution in [0, 0.1) is 0 Å². The molecule has 7 N–H and O–H groups in total. The molecule has 0 saturated carbocycles. The highest BCUT2D eigenvalue weighted by Gasteiger charge is 2.48. The molecule has 2 fully saturated rings. The van der Waals surface area contributed by atoms with E-state index in [0.717, 1.165) is 0 Å². The summed E-state index contributed by atoms with van der Waals surface area (Å²) in [5, 5.41) is 69.6. The summed E-state index contributed by atoms with van der Waals surface area (Å²) < 4.78 is 38.8. The van der Waals surface area contributed by atoms with Gasteiger partial charge in [-0.15, -0.1) is 0 Å². The summed E-state index contributed by atoms with van der Waals surface area (Å²) in [6, 6.07) is 0. The molecule has 15 heteroatoms. The molecule has 3 heterocycles. The number of ether oxygens (including phenoxy) is 7. The molecule has 0 bridgehead atoms. The quantitative estimate of drug-likeness (QED) is 0.126. The van der Waals surface area contributed by atoms with Crippen LogP contribution in [0.2, 0.25) is 0 Å². The Labute approximate surface area is 212 Å². The topological polar surface area (TPSA) is 223 Å². The second-order valence-electron chi connectivity index (χ2n) is 8.87. The Morgan fingerprint density at radius 2 is 1.57 bits per heavy atom. The van der Waals surface area contributed by atoms with Crippen LogP contribution in [0.1, 0.15) is 13.8 Å². The molecular weight excluding hydrogens is 504 g/mol. The van der Waals surface area contributed by atoms with E-state index < -0.39 is 99.1 Å². The predicted molar refractivity (Wildman–Crippen MR) is 118 cm³/mol. The number of rotatable bonds is 11. The standard InChI is InChI=1S/C22H36O15/c1-3-31-14-5-4-10(12(35-14)7-33-21-18(29)17(28)15(26)9(2)34-21)36-22-19(30)20(32-8-13(24)25)16(27)11(6-23)37-22/h4-5,9-12,14-23,26-30H,3,6-8H2,1-2H3,(H,24,25)/t9-,10-,11+,12+,14+,15+,16-,17+,18-,19+,20-,21+,22+/m0/s1. The van der Waals surface area contributed by atoms with Crippen molar-refractivity contribution in [2.24, 2.45) is 0 Å². The summed E-state index contributed by atoms with van der Waals surface area (Å²) in [5.74, 6) is -1.33. The van der Waals surface area contributed by atoms with Crippen molar-refractivity contribution in [3.8, 4) is 0 Å². The first-order chi connectivity index (χ1) is 17.6. The maximum absolute atomic E-state index is 10.9. The first-order valence-corrected chi connectivity index (χ1v) is 11.9. The minimum absolute atomic E-state index is 0.260. The molecule has 13 atom stereocenters. The Bertz CT molecular complexity index is 752. The highest BCUT2D eigenvalue weighted by molar-refractivity contribution is 5.68. The third-order valence-corrected chi connectivity index (χ3v) is 6.21. The van der Waals surface area contributed by atoms with E-state index in [4.69, 9.17) is 38.3 Å². The molecular formula is C22H36O15. The Morgan fingerprint density at radius 3 is 2.22 bits per heavy atom. The number of aliphatic hydroxyl groups is 6. The van der Waals surface area contributed by atoms with E-state index in [0.29, 0.717) is 6.61 Å². The largest absolute Gasteiger partial charge is 0.480 e. The maximum atomic E-state index is 10.9.